The molecule has 0 atom stereocenters. The molecule has 0 amide bonds. The summed E-state index contributed by atoms with van der Waals surface area (Å²) in [7, 11) is 0. The minimum absolute atomic E-state index is 0.965. The molecule has 0 aliphatic carbocycles. The van der Waals surface area contributed by atoms with Crippen LogP contribution in [0.25, 0.3) is 0 Å². The van der Waals surface area contributed by atoms with E-state index in [2.05, 4.69) is 19.1 Å². The Labute approximate surface area is 141 Å². The van der Waals surface area contributed by atoms with Gasteiger partial charge in [0.2, 0.25) is 0 Å². The molecule has 0 fully saturated rings. The minimum atomic E-state index is -3.45. The van der Waals surface area contributed by atoms with Gasteiger partial charge >= 0.3 is 141 Å². The van der Waals surface area contributed by atoms with Crippen LogP contribution in [0.1, 0.15) is 5.56 Å². The van der Waals surface area contributed by atoms with Crippen LogP contribution < -0.4 is 15.9 Å². The first kappa shape index (κ1) is 15.6. The zero-order valence-corrected chi connectivity index (χ0v) is 14.7. The molecule has 0 saturated carbocycles. The Morgan fingerprint density at radius 1 is 0.545 bits per heavy atom. The molecule has 0 bridgehead atoms. The summed E-state index contributed by atoms with van der Waals surface area (Å²) in [6, 6.07) is 28.2. The van der Waals surface area contributed by atoms with Crippen LogP contribution in [0.4, 0.5) is 0 Å². The Morgan fingerprint density at radius 2 is 0.909 bits per heavy atom. The van der Waals surface area contributed by atoms with Crippen molar-refractivity contribution < 1.29 is 0 Å². The first-order chi connectivity index (χ1) is 10.5. The fourth-order valence-electron chi connectivity index (χ4n) is 2.63. The Kier molecular flexibility index (Phi) is 4.03. The van der Waals surface area contributed by atoms with Gasteiger partial charge in [0, 0.05) is 0 Å². The number of hydrogen-bond acceptors (Lipinski definition) is 0. The van der Waals surface area contributed by atoms with Crippen LogP contribution in [0.2, 0.25) is 0 Å². The second-order valence-electron chi connectivity index (χ2n) is 5.41. The molecule has 0 aromatic heterocycles. The predicted octanol–water partition coefficient (Wildman–Crippen LogP) is 5.13. The van der Waals surface area contributed by atoms with E-state index < -0.39 is 5.31 Å². The Bertz CT molecular complexity index is 722. The second-order valence-corrected chi connectivity index (χ2v) is 13.4. The number of aryl methyl sites for hydroxylation is 1. The van der Waals surface area contributed by atoms with Crippen molar-refractivity contribution in [1.82, 2.24) is 0 Å². The Morgan fingerprint density at radius 3 is 1.32 bits per heavy atom. The maximum absolute atomic E-state index is 7.32. The molecule has 0 nitrogen and oxygen atoms in total. The van der Waals surface area contributed by atoms with E-state index in [4.69, 9.17) is 22.5 Å². The third-order valence-corrected chi connectivity index (χ3v) is 11.0. The average Bonchev–Trinajstić information content (AvgIpc) is 2.57. The SMILES string of the molecule is Cc1ccc(P(Cl)(Cl)(c2ccccc2)c2ccccc2)cc1. The van der Waals surface area contributed by atoms with E-state index in [0.717, 1.165) is 15.9 Å². The summed E-state index contributed by atoms with van der Waals surface area (Å²) in [4.78, 5) is 0. The average molecular weight is 347 g/mol. The first-order valence-corrected chi connectivity index (χ1v) is 11.2. The molecule has 22 heavy (non-hydrogen) atoms. The van der Waals surface area contributed by atoms with Crippen LogP contribution in [0.3, 0.4) is 0 Å². The predicted molar refractivity (Wildman–Crippen MR) is 102 cm³/mol. The summed E-state index contributed by atoms with van der Waals surface area (Å²) in [5.41, 5.74) is 1.19. The van der Waals surface area contributed by atoms with Crippen molar-refractivity contribution in [3.63, 3.8) is 0 Å². The molecule has 0 spiro atoms. The van der Waals surface area contributed by atoms with Gasteiger partial charge in [-0.15, -0.1) is 0 Å². The normalized spacial score (nSPS) is 13.3. The van der Waals surface area contributed by atoms with E-state index in [0.29, 0.717) is 0 Å². The van der Waals surface area contributed by atoms with E-state index in [9.17, 15) is 0 Å². The topological polar surface area (TPSA) is 0 Å². The Hall–Kier alpha value is -1.33. The van der Waals surface area contributed by atoms with Gasteiger partial charge < -0.3 is 0 Å². The molecule has 0 radical (unpaired) electrons. The van der Waals surface area contributed by atoms with Crippen LogP contribution in [-0.4, -0.2) is 0 Å². The first-order valence-electron chi connectivity index (χ1n) is 7.15. The van der Waals surface area contributed by atoms with Crippen LogP contribution in [-0.2, 0) is 0 Å². The standard InChI is InChI=1S/C19H17Cl2P/c1-16-12-14-19(15-13-16)22(20,21,17-8-4-2-5-9-17)18-10-6-3-7-11-18/h2-15H,1H3. The van der Waals surface area contributed by atoms with Crippen molar-refractivity contribution in [2.75, 3.05) is 0 Å². The maximum atomic E-state index is 7.32. The van der Waals surface area contributed by atoms with Crippen molar-refractivity contribution in [2.24, 2.45) is 0 Å². The molecule has 3 rings (SSSR count). The van der Waals surface area contributed by atoms with E-state index in [-0.39, 0.29) is 0 Å². The fraction of sp³-hybridized carbons (Fsp3) is 0.0526. The molecule has 0 aliphatic rings. The fourth-order valence-corrected chi connectivity index (χ4v) is 7.62. The van der Waals surface area contributed by atoms with Gasteiger partial charge in [0.05, 0.1) is 0 Å². The summed E-state index contributed by atoms with van der Waals surface area (Å²) < 4.78 is 0. The monoisotopic (exact) mass is 346 g/mol. The summed E-state index contributed by atoms with van der Waals surface area (Å²) in [5, 5.41) is -0.555. The van der Waals surface area contributed by atoms with Gasteiger partial charge in [-0.25, -0.2) is 0 Å². The molecule has 3 aromatic carbocycles. The molecule has 0 aliphatic heterocycles. The van der Waals surface area contributed by atoms with Crippen molar-refractivity contribution in [3.05, 3.63) is 90.5 Å². The van der Waals surface area contributed by atoms with Crippen molar-refractivity contribution in [1.29, 1.82) is 0 Å². The summed E-state index contributed by atoms with van der Waals surface area (Å²) >= 11 is 14.6. The molecule has 0 N–H and O–H groups in total. The molecule has 112 valence electrons. The van der Waals surface area contributed by atoms with Crippen LogP contribution in [0, 0.1) is 6.92 Å². The van der Waals surface area contributed by atoms with E-state index in [1.165, 1.54) is 5.56 Å². The summed E-state index contributed by atoms with van der Waals surface area (Å²) in [5.74, 6) is 0. The van der Waals surface area contributed by atoms with Crippen molar-refractivity contribution in [2.45, 2.75) is 6.92 Å². The summed E-state index contributed by atoms with van der Waals surface area (Å²) in [6.45, 7) is 2.06. The molecule has 3 aromatic rings. The number of benzene rings is 3. The van der Waals surface area contributed by atoms with Crippen LogP contribution in [0.15, 0.2) is 84.9 Å². The van der Waals surface area contributed by atoms with Gasteiger partial charge in [-0.1, -0.05) is 0 Å². The van der Waals surface area contributed by atoms with Crippen LogP contribution >= 0.6 is 27.8 Å². The third-order valence-electron chi connectivity index (χ3n) is 3.91. The van der Waals surface area contributed by atoms with Gasteiger partial charge in [0.1, 0.15) is 0 Å². The Balaban J connectivity index is 2.34. The van der Waals surface area contributed by atoms with Gasteiger partial charge in [-0.2, -0.15) is 0 Å². The van der Waals surface area contributed by atoms with Crippen molar-refractivity contribution >= 4 is 43.7 Å². The van der Waals surface area contributed by atoms with Gasteiger partial charge in [0.15, 0.2) is 0 Å². The van der Waals surface area contributed by atoms with Crippen molar-refractivity contribution in [3.8, 4) is 0 Å². The number of hydrogen-bond donors (Lipinski definition) is 0. The second kappa shape index (κ2) is 5.70. The van der Waals surface area contributed by atoms with Gasteiger partial charge in [0.25, 0.3) is 0 Å². The zero-order valence-electron chi connectivity index (χ0n) is 12.3. The zero-order chi connectivity index (χ0) is 15.7. The molecule has 0 saturated heterocycles. The number of halogens is 2. The van der Waals surface area contributed by atoms with E-state index in [1.807, 2.05) is 72.8 Å². The number of rotatable bonds is 3. The third kappa shape index (κ3) is 2.46. The summed E-state index contributed by atoms with van der Waals surface area (Å²) in [6.07, 6.45) is 0. The van der Waals surface area contributed by atoms with E-state index in [1.54, 1.807) is 0 Å². The molecular formula is C19H17Cl2P. The molecule has 0 heterocycles. The quantitative estimate of drug-likeness (QED) is 0.576. The van der Waals surface area contributed by atoms with Gasteiger partial charge in [-0.05, 0) is 0 Å². The molecule has 0 unspecified atom stereocenters. The molecular weight excluding hydrogens is 330 g/mol. The van der Waals surface area contributed by atoms with E-state index >= 15 is 0 Å². The van der Waals surface area contributed by atoms with Gasteiger partial charge in [-0.3, -0.25) is 0 Å². The van der Waals surface area contributed by atoms with Crippen LogP contribution in [0.5, 0.6) is 0 Å². The molecule has 3 heteroatoms.